The number of benzene rings is 1. The highest BCUT2D eigenvalue weighted by Gasteiger charge is 2.33. The van der Waals surface area contributed by atoms with E-state index >= 15 is 0 Å². The Bertz CT molecular complexity index is 756. The summed E-state index contributed by atoms with van der Waals surface area (Å²) in [5.74, 6) is -1.85. The Balaban J connectivity index is 2.57. The van der Waals surface area contributed by atoms with Gasteiger partial charge in [-0.2, -0.15) is 22.7 Å². The van der Waals surface area contributed by atoms with Crippen molar-refractivity contribution in [2.24, 2.45) is 7.05 Å². The van der Waals surface area contributed by atoms with Crippen LogP contribution in [0.5, 0.6) is 0 Å². The number of ether oxygens (including phenoxy) is 1. The first-order valence-corrected chi connectivity index (χ1v) is 7.22. The van der Waals surface area contributed by atoms with Crippen molar-refractivity contribution in [2.45, 2.75) is 13.1 Å². The Morgan fingerprint density at radius 1 is 1.39 bits per heavy atom. The third kappa shape index (κ3) is 3.39. The van der Waals surface area contributed by atoms with Crippen molar-refractivity contribution in [3.63, 3.8) is 0 Å². The number of nitrogens with zero attached hydrogens (tertiary/aromatic N) is 2. The average molecular weight is 395 g/mol. The molecule has 0 aliphatic rings. The minimum atomic E-state index is -4.53. The third-order valence-electron chi connectivity index (χ3n) is 3.00. The lowest BCUT2D eigenvalue weighted by Crippen LogP contribution is -2.08. The van der Waals surface area contributed by atoms with Crippen molar-refractivity contribution in [2.75, 3.05) is 6.61 Å². The standard InChI is InChI=1S/C14H11BrF4N2O2/c1-3-23-13(22)10-11(20-21(2)12(10)16)7-4-5-8(9(15)6-7)14(17,18)19/h4-6H,3H2,1-2H3. The molecule has 0 fully saturated rings. The monoisotopic (exact) mass is 394 g/mol. The van der Waals surface area contributed by atoms with Gasteiger partial charge in [-0.1, -0.05) is 22.0 Å². The number of hydrogen-bond acceptors (Lipinski definition) is 3. The molecule has 2 rings (SSSR count). The van der Waals surface area contributed by atoms with Crippen LogP contribution in [0.3, 0.4) is 0 Å². The molecule has 1 heterocycles. The number of rotatable bonds is 3. The number of esters is 1. The second-order valence-electron chi connectivity index (χ2n) is 4.55. The summed E-state index contributed by atoms with van der Waals surface area (Å²) in [6.45, 7) is 1.59. The number of hydrogen-bond donors (Lipinski definition) is 0. The van der Waals surface area contributed by atoms with E-state index in [9.17, 15) is 22.4 Å². The molecule has 0 bridgehead atoms. The smallest absolute Gasteiger partial charge is 0.417 e. The lowest BCUT2D eigenvalue weighted by Gasteiger charge is -2.10. The molecule has 0 radical (unpaired) electrons. The molecule has 1 aromatic heterocycles. The van der Waals surface area contributed by atoms with Gasteiger partial charge in [0.15, 0.2) is 0 Å². The molecule has 0 saturated carbocycles. The van der Waals surface area contributed by atoms with Crippen molar-refractivity contribution in [1.29, 1.82) is 0 Å². The number of aromatic nitrogens is 2. The number of alkyl halides is 3. The molecular formula is C14H11BrF4N2O2. The second-order valence-corrected chi connectivity index (χ2v) is 5.41. The number of aryl methyl sites for hydroxylation is 1. The highest BCUT2D eigenvalue weighted by atomic mass is 79.9. The Labute approximate surface area is 137 Å². The van der Waals surface area contributed by atoms with Crippen LogP contribution in [0.15, 0.2) is 22.7 Å². The summed E-state index contributed by atoms with van der Waals surface area (Å²) in [6, 6.07) is 3.09. The number of halogens is 5. The van der Waals surface area contributed by atoms with Crippen LogP contribution in [-0.2, 0) is 18.0 Å². The van der Waals surface area contributed by atoms with E-state index in [-0.39, 0.29) is 22.3 Å². The maximum absolute atomic E-state index is 14.1. The first kappa shape index (κ1) is 17.5. The van der Waals surface area contributed by atoms with Crippen LogP contribution in [0.25, 0.3) is 11.3 Å². The molecular weight excluding hydrogens is 384 g/mol. The van der Waals surface area contributed by atoms with Crippen LogP contribution in [0.1, 0.15) is 22.8 Å². The SMILES string of the molecule is CCOC(=O)c1c(-c2ccc(C(F)(F)F)c(Br)c2)nn(C)c1F. The molecule has 0 aliphatic carbocycles. The van der Waals surface area contributed by atoms with E-state index in [1.807, 2.05) is 0 Å². The molecule has 0 N–H and O–H groups in total. The van der Waals surface area contributed by atoms with Gasteiger partial charge in [-0.3, -0.25) is 0 Å². The Kier molecular flexibility index (Phi) is 4.79. The van der Waals surface area contributed by atoms with Gasteiger partial charge in [0.25, 0.3) is 0 Å². The van der Waals surface area contributed by atoms with E-state index in [2.05, 4.69) is 21.0 Å². The molecule has 0 saturated heterocycles. The molecule has 0 amide bonds. The predicted octanol–water partition coefficient (Wildman–Crippen LogP) is 4.18. The first-order chi connectivity index (χ1) is 10.7. The van der Waals surface area contributed by atoms with E-state index in [1.165, 1.54) is 7.05 Å². The van der Waals surface area contributed by atoms with Crippen LogP contribution in [0.4, 0.5) is 17.6 Å². The zero-order valence-corrected chi connectivity index (χ0v) is 13.6. The summed E-state index contributed by atoms with van der Waals surface area (Å²) in [5.41, 5.74) is -1.22. The summed E-state index contributed by atoms with van der Waals surface area (Å²) in [6.07, 6.45) is -4.53. The Morgan fingerprint density at radius 2 is 2.04 bits per heavy atom. The predicted molar refractivity (Wildman–Crippen MR) is 77.3 cm³/mol. The summed E-state index contributed by atoms with van der Waals surface area (Å²) in [7, 11) is 1.28. The van der Waals surface area contributed by atoms with Crippen LogP contribution in [0, 0.1) is 5.95 Å². The second kappa shape index (κ2) is 6.31. The fraction of sp³-hybridized carbons (Fsp3) is 0.286. The van der Waals surface area contributed by atoms with Gasteiger partial charge in [0, 0.05) is 17.1 Å². The quantitative estimate of drug-likeness (QED) is 0.579. The van der Waals surface area contributed by atoms with Crippen LogP contribution < -0.4 is 0 Å². The van der Waals surface area contributed by atoms with Gasteiger partial charge >= 0.3 is 12.1 Å². The minimum absolute atomic E-state index is 0.0311. The molecule has 9 heteroatoms. The molecule has 2 aromatic rings. The number of carbonyl (C=O) groups is 1. The lowest BCUT2D eigenvalue weighted by molar-refractivity contribution is -0.138. The zero-order valence-electron chi connectivity index (χ0n) is 12.0. The van der Waals surface area contributed by atoms with Gasteiger partial charge in [-0.25, -0.2) is 9.48 Å². The molecule has 1 aromatic carbocycles. The van der Waals surface area contributed by atoms with Gasteiger partial charge in [-0.15, -0.1) is 0 Å². The molecule has 0 atom stereocenters. The molecule has 0 spiro atoms. The fourth-order valence-electron chi connectivity index (χ4n) is 1.98. The van der Waals surface area contributed by atoms with Gasteiger partial charge in [0.2, 0.25) is 5.95 Å². The maximum atomic E-state index is 14.1. The molecule has 23 heavy (non-hydrogen) atoms. The van der Waals surface area contributed by atoms with Crippen LogP contribution in [-0.4, -0.2) is 22.4 Å². The Morgan fingerprint density at radius 3 is 2.57 bits per heavy atom. The topological polar surface area (TPSA) is 44.1 Å². The Hall–Kier alpha value is -1.90. The van der Waals surface area contributed by atoms with Crippen molar-refractivity contribution in [3.8, 4) is 11.3 Å². The van der Waals surface area contributed by atoms with Crippen molar-refractivity contribution >= 4 is 21.9 Å². The van der Waals surface area contributed by atoms with E-state index in [0.29, 0.717) is 0 Å². The molecule has 0 aliphatic heterocycles. The summed E-state index contributed by atoms with van der Waals surface area (Å²) < 4.78 is 57.7. The molecule has 4 nitrogen and oxygen atoms in total. The van der Waals surface area contributed by atoms with Crippen LogP contribution in [0.2, 0.25) is 0 Å². The van der Waals surface area contributed by atoms with Gasteiger partial charge in [0.1, 0.15) is 11.3 Å². The summed E-state index contributed by atoms with van der Waals surface area (Å²) >= 11 is 2.83. The van der Waals surface area contributed by atoms with Crippen LogP contribution >= 0.6 is 15.9 Å². The number of carbonyl (C=O) groups excluding carboxylic acids is 1. The van der Waals surface area contributed by atoms with E-state index < -0.39 is 29.2 Å². The van der Waals surface area contributed by atoms with Crippen molar-refractivity contribution in [3.05, 3.63) is 39.7 Å². The minimum Gasteiger partial charge on any atom is -0.462 e. The van der Waals surface area contributed by atoms with Gasteiger partial charge in [-0.05, 0) is 19.1 Å². The lowest BCUT2D eigenvalue weighted by atomic mass is 10.1. The van der Waals surface area contributed by atoms with Crippen molar-refractivity contribution in [1.82, 2.24) is 9.78 Å². The first-order valence-electron chi connectivity index (χ1n) is 6.43. The summed E-state index contributed by atoms with van der Waals surface area (Å²) in [5, 5.41) is 3.86. The molecule has 0 unspecified atom stereocenters. The van der Waals surface area contributed by atoms with Gasteiger partial charge in [0.05, 0.1) is 12.2 Å². The summed E-state index contributed by atoms with van der Waals surface area (Å²) in [4.78, 5) is 11.9. The molecule has 124 valence electrons. The maximum Gasteiger partial charge on any atom is 0.417 e. The zero-order chi connectivity index (χ0) is 17.4. The fourth-order valence-corrected chi connectivity index (χ4v) is 2.59. The highest BCUT2D eigenvalue weighted by molar-refractivity contribution is 9.10. The largest absolute Gasteiger partial charge is 0.462 e. The van der Waals surface area contributed by atoms with E-state index in [1.54, 1.807) is 6.92 Å². The normalized spacial score (nSPS) is 11.6. The van der Waals surface area contributed by atoms with E-state index in [0.717, 1.165) is 22.9 Å². The highest BCUT2D eigenvalue weighted by Crippen LogP contribution is 2.37. The van der Waals surface area contributed by atoms with Crippen molar-refractivity contribution < 1.29 is 27.1 Å². The third-order valence-corrected chi connectivity index (χ3v) is 3.66. The van der Waals surface area contributed by atoms with Gasteiger partial charge < -0.3 is 4.74 Å². The van der Waals surface area contributed by atoms with E-state index in [4.69, 9.17) is 4.74 Å². The average Bonchev–Trinajstić information content (AvgIpc) is 2.73.